The number of piperazine rings is 1. The maximum absolute atomic E-state index is 12.9. The molecular weight excluding hydrogens is 354 g/mol. The monoisotopic (exact) mass is 373 g/mol. The van der Waals surface area contributed by atoms with E-state index in [4.69, 9.17) is 5.73 Å². The Bertz CT molecular complexity index is 928. The molecule has 4 rings (SSSR count). The molecule has 0 bridgehead atoms. The molecule has 0 saturated carbocycles. The number of carbonyl (C=O) groups excluding carboxylic acids is 1. The minimum atomic E-state index is -3.11. The standard InChI is InChI=1S/C17H19N5O3S/c18-16-8-20-13(7-21-16)11-1-3-12(4-2-11)17(23)22-6-5-19-14-9-26(24,25)10-15(14)22/h1-4,7-8,14-15,19H,5-6,9-10H2,(H2,18,21)/t14-,15+/m0/s1. The zero-order valence-corrected chi connectivity index (χ0v) is 14.8. The van der Waals surface area contributed by atoms with Crippen molar-refractivity contribution in [3.8, 4) is 11.3 Å². The predicted octanol–water partition coefficient (Wildman–Crippen LogP) is -0.0632. The first-order chi connectivity index (χ1) is 12.4. The lowest BCUT2D eigenvalue weighted by molar-refractivity contribution is 0.0621. The van der Waals surface area contributed by atoms with Crippen LogP contribution in [-0.2, 0) is 9.84 Å². The summed E-state index contributed by atoms with van der Waals surface area (Å²) in [5.74, 6) is 0.319. The van der Waals surface area contributed by atoms with E-state index in [1.54, 1.807) is 35.4 Å². The Balaban J connectivity index is 1.55. The van der Waals surface area contributed by atoms with E-state index in [-0.39, 0.29) is 29.5 Å². The van der Waals surface area contributed by atoms with Gasteiger partial charge in [-0.2, -0.15) is 0 Å². The summed E-state index contributed by atoms with van der Waals surface area (Å²) in [4.78, 5) is 22.8. The lowest BCUT2D eigenvalue weighted by Gasteiger charge is -2.37. The summed E-state index contributed by atoms with van der Waals surface area (Å²) in [6.45, 7) is 1.10. The van der Waals surface area contributed by atoms with Gasteiger partial charge in [0.1, 0.15) is 5.82 Å². The minimum absolute atomic E-state index is 0.0233. The highest BCUT2D eigenvalue weighted by molar-refractivity contribution is 7.91. The number of carbonyl (C=O) groups is 1. The molecule has 26 heavy (non-hydrogen) atoms. The van der Waals surface area contributed by atoms with Crippen LogP contribution in [0.1, 0.15) is 10.4 Å². The number of anilines is 1. The SMILES string of the molecule is Nc1cnc(-c2ccc(C(=O)N3CCN[C@H]4CS(=O)(=O)C[C@H]43)cc2)cn1. The largest absolute Gasteiger partial charge is 0.382 e. The Morgan fingerprint density at radius 1 is 1.15 bits per heavy atom. The normalized spacial score (nSPS) is 24.2. The molecule has 2 atom stereocenters. The lowest BCUT2D eigenvalue weighted by atomic mass is 10.0. The molecule has 136 valence electrons. The van der Waals surface area contributed by atoms with Gasteiger partial charge in [-0.1, -0.05) is 12.1 Å². The molecule has 8 nitrogen and oxygen atoms in total. The van der Waals surface area contributed by atoms with Crippen LogP contribution in [0.4, 0.5) is 5.82 Å². The fourth-order valence-electron chi connectivity index (χ4n) is 3.56. The van der Waals surface area contributed by atoms with E-state index in [0.29, 0.717) is 30.2 Å². The quantitative estimate of drug-likeness (QED) is 0.757. The van der Waals surface area contributed by atoms with E-state index in [2.05, 4.69) is 15.3 Å². The van der Waals surface area contributed by atoms with Crippen molar-refractivity contribution in [1.82, 2.24) is 20.2 Å². The van der Waals surface area contributed by atoms with Crippen molar-refractivity contribution < 1.29 is 13.2 Å². The Morgan fingerprint density at radius 2 is 1.92 bits per heavy atom. The maximum Gasteiger partial charge on any atom is 0.254 e. The van der Waals surface area contributed by atoms with E-state index in [9.17, 15) is 13.2 Å². The second-order valence-electron chi connectivity index (χ2n) is 6.61. The van der Waals surface area contributed by atoms with Gasteiger partial charge in [0.2, 0.25) is 0 Å². The highest BCUT2D eigenvalue weighted by Crippen LogP contribution is 2.24. The predicted molar refractivity (Wildman–Crippen MR) is 97.1 cm³/mol. The summed E-state index contributed by atoms with van der Waals surface area (Å²) in [6, 6.07) is 6.59. The molecule has 2 aromatic rings. The first-order valence-corrected chi connectivity index (χ1v) is 10.2. The Morgan fingerprint density at radius 3 is 2.62 bits per heavy atom. The zero-order valence-electron chi connectivity index (χ0n) is 14.0. The zero-order chi connectivity index (χ0) is 18.3. The van der Waals surface area contributed by atoms with E-state index in [1.807, 2.05) is 0 Å². The molecule has 1 aromatic heterocycles. The van der Waals surface area contributed by atoms with Crippen molar-refractivity contribution in [2.45, 2.75) is 12.1 Å². The van der Waals surface area contributed by atoms with Crippen molar-refractivity contribution in [2.75, 3.05) is 30.3 Å². The average Bonchev–Trinajstić information content (AvgIpc) is 2.95. The first kappa shape index (κ1) is 16.9. The number of fused-ring (bicyclic) bond motifs is 1. The van der Waals surface area contributed by atoms with Crippen molar-refractivity contribution in [3.05, 3.63) is 42.2 Å². The molecule has 1 aromatic carbocycles. The summed E-state index contributed by atoms with van der Waals surface area (Å²) in [5.41, 5.74) is 7.57. The summed E-state index contributed by atoms with van der Waals surface area (Å²) in [5, 5.41) is 3.21. The van der Waals surface area contributed by atoms with E-state index >= 15 is 0 Å². The van der Waals surface area contributed by atoms with Gasteiger partial charge in [-0.05, 0) is 12.1 Å². The first-order valence-electron chi connectivity index (χ1n) is 8.36. The van der Waals surface area contributed by atoms with Crippen LogP contribution < -0.4 is 11.1 Å². The molecular formula is C17H19N5O3S. The molecule has 0 spiro atoms. The van der Waals surface area contributed by atoms with Crippen molar-refractivity contribution >= 4 is 21.6 Å². The Labute approximate surface area is 151 Å². The van der Waals surface area contributed by atoms with Crippen LogP contribution in [-0.4, -0.2) is 65.9 Å². The minimum Gasteiger partial charge on any atom is -0.382 e. The number of aromatic nitrogens is 2. The smallest absolute Gasteiger partial charge is 0.254 e. The third-order valence-electron chi connectivity index (χ3n) is 4.84. The van der Waals surface area contributed by atoms with Gasteiger partial charge in [-0.15, -0.1) is 0 Å². The van der Waals surface area contributed by atoms with Crippen LogP contribution in [0.3, 0.4) is 0 Å². The van der Waals surface area contributed by atoms with Crippen LogP contribution in [0.5, 0.6) is 0 Å². The van der Waals surface area contributed by atoms with Gasteiger partial charge in [0.15, 0.2) is 9.84 Å². The maximum atomic E-state index is 12.9. The third-order valence-corrected chi connectivity index (χ3v) is 6.56. The molecule has 1 amide bonds. The fraction of sp³-hybridized carbons (Fsp3) is 0.353. The third kappa shape index (κ3) is 3.15. The molecule has 3 heterocycles. The summed E-state index contributed by atoms with van der Waals surface area (Å²) >= 11 is 0. The molecule has 0 radical (unpaired) electrons. The molecule has 2 saturated heterocycles. The molecule has 2 fully saturated rings. The van der Waals surface area contributed by atoms with Crippen LogP contribution in [0.2, 0.25) is 0 Å². The molecule has 9 heteroatoms. The Kier molecular flexibility index (Phi) is 4.12. The van der Waals surface area contributed by atoms with E-state index < -0.39 is 9.84 Å². The number of rotatable bonds is 2. The highest BCUT2D eigenvalue weighted by Gasteiger charge is 2.44. The van der Waals surface area contributed by atoms with Gasteiger partial charge in [-0.25, -0.2) is 13.4 Å². The van der Waals surface area contributed by atoms with Crippen molar-refractivity contribution in [1.29, 1.82) is 0 Å². The van der Waals surface area contributed by atoms with Gasteiger partial charge in [0.25, 0.3) is 5.91 Å². The number of nitrogens with one attached hydrogen (secondary N) is 1. The molecule has 0 unspecified atom stereocenters. The number of amides is 1. The summed E-state index contributed by atoms with van der Waals surface area (Å²) in [6.07, 6.45) is 3.06. The van der Waals surface area contributed by atoms with Gasteiger partial charge in [0.05, 0.1) is 35.6 Å². The van der Waals surface area contributed by atoms with Crippen LogP contribution >= 0.6 is 0 Å². The van der Waals surface area contributed by atoms with E-state index in [1.165, 1.54) is 6.20 Å². The number of hydrogen-bond donors (Lipinski definition) is 2. The van der Waals surface area contributed by atoms with Gasteiger partial charge in [-0.3, -0.25) is 9.78 Å². The van der Waals surface area contributed by atoms with Crippen molar-refractivity contribution in [2.24, 2.45) is 0 Å². The lowest BCUT2D eigenvalue weighted by Crippen LogP contribution is -2.59. The average molecular weight is 373 g/mol. The number of hydrogen-bond acceptors (Lipinski definition) is 7. The number of benzene rings is 1. The number of nitrogens with two attached hydrogens (primary N) is 1. The molecule has 2 aliphatic rings. The molecule has 2 aliphatic heterocycles. The Hall–Kier alpha value is -2.52. The molecule has 0 aliphatic carbocycles. The van der Waals surface area contributed by atoms with Crippen LogP contribution in [0.15, 0.2) is 36.7 Å². The van der Waals surface area contributed by atoms with Gasteiger partial charge >= 0.3 is 0 Å². The number of sulfone groups is 1. The summed E-state index contributed by atoms with van der Waals surface area (Å²) < 4.78 is 23.9. The topological polar surface area (TPSA) is 118 Å². The van der Waals surface area contributed by atoms with Gasteiger partial charge in [0, 0.05) is 30.3 Å². The number of nitrogen functional groups attached to an aromatic ring is 1. The van der Waals surface area contributed by atoms with Crippen LogP contribution in [0.25, 0.3) is 11.3 Å². The second-order valence-corrected chi connectivity index (χ2v) is 8.76. The van der Waals surface area contributed by atoms with Gasteiger partial charge < -0.3 is 16.0 Å². The molecule has 3 N–H and O–H groups in total. The van der Waals surface area contributed by atoms with Crippen molar-refractivity contribution in [3.63, 3.8) is 0 Å². The second kappa shape index (κ2) is 6.33. The van der Waals surface area contributed by atoms with E-state index in [0.717, 1.165) is 5.56 Å². The number of nitrogens with zero attached hydrogens (tertiary/aromatic N) is 3. The summed E-state index contributed by atoms with van der Waals surface area (Å²) in [7, 11) is -3.11. The fourth-order valence-corrected chi connectivity index (χ4v) is 5.51. The van der Waals surface area contributed by atoms with Crippen LogP contribution in [0, 0.1) is 0 Å². The highest BCUT2D eigenvalue weighted by atomic mass is 32.2.